The maximum absolute atomic E-state index is 11.4. The smallest absolute Gasteiger partial charge is 0.127 e. The van der Waals surface area contributed by atoms with Crippen molar-refractivity contribution in [3.8, 4) is 11.5 Å². The molecule has 3 nitrogen and oxygen atoms in total. The van der Waals surface area contributed by atoms with Crippen LogP contribution < -0.4 is 4.74 Å². The van der Waals surface area contributed by atoms with E-state index in [4.69, 9.17) is 4.74 Å². The minimum Gasteiger partial charge on any atom is -0.508 e. The molecular weight excluding hydrogens is 428 g/mol. The van der Waals surface area contributed by atoms with Crippen LogP contribution >= 0.6 is 15.9 Å². The van der Waals surface area contributed by atoms with Gasteiger partial charge in [-0.25, -0.2) is 0 Å². The second-order valence-corrected chi connectivity index (χ2v) is 11.1. The van der Waals surface area contributed by atoms with Crippen molar-refractivity contribution < 1.29 is 14.6 Å². The highest BCUT2D eigenvalue weighted by Gasteiger charge is 2.48. The summed E-state index contributed by atoms with van der Waals surface area (Å²) in [5.74, 6) is 1.80. The number of ether oxygens (including phenoxy) is 1. The fourth-order valence-electron chi connectivity index (χ4n) is 5.46. The Kier molecular flexibility index (Phi) is 7.03. The zero-order valence-electron chi connectivity index (χ0n) is 18.5. The van der Waals surface area contributed by atoms with Gasteiger partial charge in [0, 0.05) is 22.7 Å². The lowest BCUT2D eigenvalue weighted by Gasteiger charge is -2.48. The van der Waals surface area contributed by atoms with Gasteiger partial charge in [-0.1, -0.05) is 49.0 Å². The van der Waals surface area contributed by atoms with Crippen molar-refractivity contribution in [1.82, 2.24) is 0 Å². The lowest BCUT2D eigenvalue weighted by atomic mass is 9.64. The molecule has 1 fully saturated rings. The van der Waals surface area contributed by atoms with Crippen molar-refractivity contribution in [1.29, 1.82) is 0 Å². The lowest BCUT2D eigenvalue weighted by molar-refractivity contribution is -0.113. The van der Waals surface area contributed by atoms with Gasteiger partial charge in [0.25, 0.3) is 0 Å². The Morgan fingerprint density at radius 2 is 1.93 bits per heavy atom. The number of phenolic OH excluding ortho intramolecular Hbond substituents is 1. The number of benzene rings is 1. The topological polar surface area (TPSA) is 46.5 Å². The van der Waals surface area contributed by atoms with E-state index >= 15 is 0 Å². The molecule has 1 heterocycles. The zero-order valence-corrected chi connectivity index (χ0v) is 20.1. The van der Waals surface area contributed by atoms with Gasteiger partial charge in [-0.05, 0) is 75.0 Å². The summed E-state index contributed by atoms with van der Waals surface area (Å²) < 4.78 is 6.48. The second-order valence-electron chi connectivity index (χ2n) is 10.3. The number of aromatic hydroxyl groups is 1. The van der Waals surface area contributed by atoms with E-state index in [1.165, 1.54) is 25.7 Å². The Morgan fingerprint density at radius 1 is 1.21 bits per heavy atom. The molecule has 0 radical (unpaired) electrons. The molecule has 1 saturated carbocycles. The Bertz CT molecular complexity index is 725. The van der Waals surface area contributed by atoms with Crippen LogP contribution in [0.3, 0.4) is 0 Å². The zero-order chi connectivity index (χ0) is 21.2. The lowest BCUT2D eigenvalue weighted by Crippen LogP contribution is -2.47. The number of rotatable bonds is 8. The molecule has 4 heteroatoms. The minimum absolute atomic E-state index is 0.0108. The third-order valence-corrected chi connectivity index (χ3v) is 7.87. The van der Waals surface area contributed by atoms with Crippen molar-refractivity contribution in [2.75, 3.05) is 5.33 Å². The van der Waals surface area contributed by atoms with Gasteiger partial charge in [0.1, 0.15) is 23.4 Å². The molecule has 1 aliphatic carbocycles. The SMILES string of the molecule is CC(C)(CCCCCCBr)c1cc(O)c2c(c1)OC(C)(C)C1CCC(C=O)CC21. The van der Waals surface area contributed by atoms with Crippen LogP contribution in [0.2, 0.25) is 0 Å². The van der Waals surface area contributed by atoms with E-state index in [2.05, 4.69) is 49.7 Å². The van der Waals surface area contributed by atoms with Crippen LogP contribution in [0.4, 0.5) is 0 Å². The van der Waals surface area contributed by atoms with E-state index < -0.39 is 0 Å². The largest absolute Gasteiger partial charge is 0.508 e. The molecule has 2 aliphatic rings. The first-order chi connectivity index (χ1) is 13.7. The Labute approximate surface area is 184 Å². The van der Waals surface area contributed by atoms with Crippen molar-refractivity contribution in [2.45, 2.75) is 96.0 Å². The van der Waals surface area contributed by atoms with E-state index in [1.54, 1.807) is 0 Å². The predicted octanol–water partition coefficient (Wildman–Crippen LogP) is 6.89. The third-order valence-electron chi connectivity index (χ3n) is 7.31. The van der Waals surface area contributed by atoms with Crippen molar-refractivity contribution in [2.24, 2.45) is 11.8 Å². The van der Waals surface area contributed by atoms with E-state index in [0.29, 0.717) is 11.7 Å². The Hall–Kier alpha value is -1.03. The fraction of sp³-hybridized carbons (Fsp3) is 0.720. The number of unbranched alkanes of at least 4 members (excludes halogenated alkanes) is 3. The first kappa shape index (κ1) is 22.7. The molecule has 0 saturated heterocycles. The number of fused-ring (bicyclic) bond motifs is 3. The summed E-state index contributed by atoms with van der Waals surface area (Å²) >= 11 is 3.50. The molecule has 1 N–H and O–H groups in total. The van der Waals surface area contributed by atoms with Crippen LogP contribution in [-0.4, -0.2) is 22.3 Å². The molecule has 29 heavy (non-hydrogen) atoms. The van der Waals surface area contributed by atoms with Gasteiger partial charge < -0.3 is 14.6 Å². The molecule has 0 bridgehead atoms. The Morgan fingerprint density at radius 3 is 2.62 bits per heavy atom. The number of halogens is 1. The van der Waals surface area contributed by atoms with Crippen molar-refractivity contribution in [3.05, 3.63) is 23.3 Å². The highest BCUT2D eigenvalue weighted by atomic mass is 79.9. The van der Waals surface area contributed by atoms with E-state index in [9.17, 15) is 9.90 Å². The van der Waals surface area contributed by atoms with Gasteiger partial charge in [-0.3, -0.25) is 0 Å². The quantitative estimate of drug-likeness (QED) is 0.259. The molecule has 0 amide bonds. The molecular formula is C25H37BrO3. The normalized spacial score (nSPS) is 25.6. The Balaban J connectivity index is 1.86. The average molecular weight is 465 g/mol. The van der Waals surface area contributed by atoms with Gasteiger partial charge >= 0.3 is 0 Å². The molecule has 0 aromatic heterocycles. The summed E-state index contributed by atoms with van der Waals surface area (Å²) in [6.45, 7) is 8.85. The predicted molar refractivity (Wildman–Crippen MR) is 122 cm³/mol. The standard InChI is InChI=1S/C25H37BrO3/c1-24(2,11-7-5-6-8-12-26)18-14-21(28)23-19-13-17(16-27)9-10-20(19)25(3,4)29-22(23)15-18/h14-17,19-20,28H,5-13H2,1-4H3. The number of phenols is 1. The molecule has 3 atom stereocenters. The molecule has 1 aromatic carbocycles. The third kappa shape index (κ3) is 4.84. The fourth-order valence-corrected chi connectivity index (χ4v) is 5.85. The summed E-state index contributed by atoms with van der Waals surface area (Å²) in [6.07, 6.45) is 9.83. The van der Waals surface area contributed by atoms with E-state index in [1.807, 2.05) is 6.07 Å². The molecule has 1 aromatic rings. The molecule has 162 valence electrons. The van der Waals surface area contributed by atoms with Gasteiger partial charge in [0.05, 0.1) is 0 Å². The number of aldehydes is 1. The second kappa shape index (κ2) is 8.99. The number of hydrogen-bond donors (Lipinski definition) is 1. The first-order valence-electron chi connectivity index (χ1n) is 11.3. The van der Waals surface area contributed by atoms with Crippen LogP contribution in [0.1, 0.15) is 96.1 Å². The summed E-state index contributed by atoms with van der Waals surface area (Å²) in [5, 5.41) is 12.1. The summed E-state index contributed by atoms with van der Waals surface area (Å²) in [6, 6.07) is 4.12. The summed E-state index contributed by atoms with van der Waals surface area (Å²) in [4.78, 5) is 11.4. The van der Waals surface area contributed by atoms with Crippen molar-refractivity contribution in [3.63, 3.8) is 0 Å². The van der Waals surface area contributed by atoms with E-state index in [-0.39, 0.29) is 22.9 Å². The van der Waals surface area contributed by atoms with Crippen LogP contribution in [0, 0.1) is 11.8 Å². The van der Waals surface area contributed by atoms with Gasteiger partial charge in [0.15, 0.2) is 0 Å². The maximum Gasteiger partial charge on any atom is 0.127 e. The summed E-state index contributed by atoms with van der Waals surface area (Å²) in [5.41, 5.74) is 1.78. The highest BCUT2D eigenvalue weighted by Crippen LogP contribution is 2.55. The molecule has 3 unspecified atom stereocenters. The van der Waals surface area contributed by atoms with Crippen LogP contribution in [-0.2, 0) is 10.2 Å². The van der Waals surface area contributed by atoms with Crippen LogP contribution in [0.5, 0.6) is 11.5 Å². The van der Waals surface area contributed by atoms with Gasteiger partial charge in [0.2, 0.25) is 0 Å². The number of carbonyl (C=O) groups excluding carboxylic acids is 1. The maximum atomic E-state index is 11.4. The van der Waals surface area contributed by atoms with Crippen LogP contribution in [0.15, 0.2) is 12.1 Å². The highest BCUT2D eigenvalue weighted by molar-refractivity contribution is 9.09. The number of hydrogen-bond acceptors (Lipinski definition) is 3. The average Bonchev–Trinajstić information content (AvgIpc) is 2.66. The summed E-state index contributed by atoms with van der Waals surface area (Å²) in [7, 11) is 0. The molecule has 1 aliphatic heterocycles. The van der Waals surface area contributed by atoms with Gasteiger partial charge in [-0.2, -0.15) is 0 Å². The number of carbonyl (C=O) groups is 1. The van der Waals surface area contributed by atoms with Gasteiger partial charge in [-0.15, -0.1) is 0 Å². The monoisotopic (exact) mass is 464 g/mol. The first-order valence-corrected chi connectivity index (χ1v) is 12.4. The van der Waals surface area contributed by atoms with Crippen molar-refractivity contribution >= 4 is 22.2 Å². The molecule has 0 spiro atoms. The molecule has 3 rings (SSSR count). The van der Waals surface area contributed by atoms with E-state index in [0.717, 1.165) is 54.2 Å². The van der Waals surface area contributed by atoms with Crippen LogP contribution in [0.25, 0.3) is 0 Å². The minimum atomic E-state index is -0.281. The number of alkyl halides is 1.